The maximum atomic E-state index is 12.8. The number of carbonyl (C=O) groups is 1. The van der Waals surface area contributed by atoms with Gasteiger partial charge in [-0.25, -0.2) is 8.42 Å². The molecular weight excluding hydrogens is 388 g/mol. The lowest BCUT2D eigenvalue weighted by atomic mass is 9.99. The van der Waals surface area contributed by atoms with Crippen LogP contribution in [0, 0.1) is 6.92 Å². The van der Waals surface area contributed by atoms with Crippen LogP contribution < -0.4 is 5.32 Å². The van der Waals surface area contributed by atoms with E-state index in [1.54, 1.807) is 6.92 Å². The zero-order chi connectivity index (χ0) is 20.6. The Kier molecular flexibility index (Phi) is 5.19. The van der Waals surface area contributed by atoms with Crippen molar-refractivity contribution < 1.29 is 17.6 Å². The quantitative estimate of drug-likeness (QED) is 0.686. The van der Waals surface area contributed by atoms with Crippen molar-refractivity contribution in [2.45, 2.75) is 37.6 Å². The smallest absolute Gasteiger partial charge is 0.287 e. The van der Waals surface area contributed by atoms with Crippen LogP contribution in [0.25, 0.3) is 10.8 Å². The number of sulfonamides is 1. The van der Waals surface area contributed by atoms with Gasteiger partial charge in [0.05, 0.1) is 6.04 Å². The standard InChI is InChI=1S/C22H24N2O4S/c1-15(18-11-7-9-17-8-3-4-10-19(17)18)23-22(25)20-14-21(16(2)28-20)29(26,27)24-12-5-6-13-24/h3-4,7-11,14-15H,5-6,12-13H2,1-2H3,(H,23,25). The normalized spacial score (nSPS) is 16.2. The first kappa shape index (κ1) is 19.7. The second-order valence-electron chi connectivity index (χ2n) is 7.41. The van der Waals surface area contributed by atoms with Crippen LogP contribution in [0.4, 0.5) is 0 Å². The third-order valence-electron chi connectivity index (χ3n) is 5.42. The number of nitrogens with zero attached hydrogens (tertiary/aromatic N) is 1. The van der Waals surface area contributed by atoms with Gasteiger partial charge in [-0.3, -0.25) is 4.79 Å². The van der Waals surface area contributed by atoms with Crippen molar-refractivity contribution in [1.82, 2.24) is 9.62 Å². The average molecular weight is 413 g/mol. The Hall–Kier alpha value is -2.64. The number of carbonyl (C=O) groups excluding carboxylic acids is 1. The van der Waals surface area contributed by atoms with Crippen molar-refractivity contribution in [3.63, 3.8) is 0 Å². The van der Waals surface area contributed by atoms with E-state index in [0.717, 1.165) is 29.2 Å². The number of furan rings is 1. The minimum absolute atomic E-state index is 0.00681. The van der Waals surface area contributed by atoms with E-state index in [0.29, 0.717) is 13.1 Å². The number of hydrogen-bond acceptors (Lipinski definition) is 4. The molecule has 1 atom stereocenters. The van der Waals surface area contributed by atoms with Gasteiger partial charge in [-0.2, -0.15) is 4.31 Å². The fraction of sp³-hybridized carbons (Fsp3) is 0.318. The van der Waals surface area contributed by atoms with E-state index in [-0.39, 0.29) is 22.5 Å². The van der Waals surface area contributed by atoms with Crippen LogP contribution >= 0.6 is 0 Å². The van der Waals surface area contributed by atoms with Gasteiger partial charge in [0, 0.05) is 19.2 Å². The van der Waals surface area contributed by atoms with Crippen molar-refractivity contribution in [3.8, 4) is 0 Å². The molecule has 4 rings (SSSR count). The molecule has 2 heterocycles. The first-order valence-electron chi connectivity index (χ1n) is 9.77. The summed E-state index contributed by atoms with van der Waals surface area (Å²) in [5.74, 6) is -0.191. The van der Waals surface area contributed by atoms with E-state index >= 15 is 0 Å². The summed E-state index contributed by atoms with van der Waals surface area (Å²) in [5, 5.41) is 5.09. The summed E-state index contributed by atoms with van der Waals surface area (Å²) in [6, 6.07) is 15.0. The molecule has 0 spiro atoms. The molecule has 152 valence electrons. The van der Waals surface area contributed by atoms with Crippen LogP contribution in [-0.4, -0.2) is 31.7 Å². The molecule has 3 aromatic rings. The van der Waals surface area contributed by atoms with Crippen molar-refractivity contribution in [3.05, 3.63) is 65.6 Å². The maximum absolute atomic E-state index is 12.8. The van der Waals surface area contributed by atoms with Gasteiger partial charge in [0.1, 0.15) is 10.7 Å². The molecule has 0 radical (unpaired) electrons. The Morgan fingerprint density at radius 2 is 1.79 bits per heavy atom. The van der Waals surface area contributed by atoms with Gasteiger partial charge in [-0.15, -0.1) is 0 Å². The molecule has 29 heavy (non-hydrogen) atoms. The molecule has 1 unspecified atom stereocenters. The van der Waals surface area contributed by atoms with E-state index in [2.05, 4.69) is 5.32 Å². The van der Waals surface area contributed by atoms with Gasteiger partial charge >= 0.3 is 0 Å². The fourth-order valence-electron chi connectivity index (χ4n) is 3.87. The van der Waals surface area contributed by atoms with E-state index in [1.165, 1.54) is 10.4 Å². The van der Waals surface area contributed by atoms with Gasteiger partial charge in [-0.05, 0) is 43.0 Å². The molecule has 0 saturated carbocycles. The molecule has 0 bridgehead atoms. The number of nitrogens with one attached hydrogen (secondary N) is 1. The van der Waals surface area contributed by atoms with Gasteiger partial charge in [0.25, 0.3) is 5.91 Å². The molecule has 0 aliphatic carbocycles. The first-order valence-corrected chi connectivity index (χ1v) is 11.2. The van der Waals surface area contributed by atoms with Gasteiger partial charge in [-0.1, -0.05) is 42.5 Å². The lowest BCUT2D eigenvalue weighted by molar-refractivity contribution is 0.0911. The highest BCUT2D eigenvalue weighted by Gasteiger charge is 2.32. The van der Waals surface area contributed by atoms with E-state index in [9.17, 15) is 13.2 Å². The number of aryl methyl sites for hydroxylation is 1. The highest BCUT2D eigenvalue weighted by Crippen LogP contribution is 2.28. The van der Waals surface area contributed by atoms with Crippen LogP contribution in [0.1, 0.15) is 47.7 Å². The minimum atomic E-state index is -3.63. The Morgan fingerprint density at radius 1 is 1.10 bits per heavy atom. The topological polar surface area (TPSA) is 79.6 Å². The summed E-state index contributed by atoms with van der Waals surface area (Å²) < 4.78 is 32.6. The van der Waals surface area contributed by atoms with Crippen molar-refractivity contribution >= 4 is 26.7 Å². The first-order chi connectivity index (χ1) is 13.9. The monoisotopic (exact) mass is 412 g/mol. The molecule has 1 aromatic heterocycles. The highest BCUT2D eigenvalue weighted by atomic mass is 32.2. The van der Waals surface area contributed by atoms with Crippen molar-refractivity contribution in [2.75, 3.05) is 13.1 Å². The minimum Gasteiger partial charge on any atom is -0.455 e. The molecule has 7 heteroatoms. The van der Waals surface area contributed by atoms with E-state index < -0.39 is 15.9 Å². The third kappa shape index (κ3) is 3.68. The molecular formula is C22H24N2O4S. The predicted molar refractivity (Wildman–Crippen MR) is 111 cm³/mol. The van der Waals surface area contributed by atoms with Crippen LogP contribution in [0.5, 0.6) is 0 Å². The maximum Gasteiger partial charge on any atom is 0.287 e. The second-order valence-corrected chi connectivity index (χ2v) is 9.31. The van der Waals surface area contributed by atoms with E-state index in [4.69, 9.17) is 4.42 Å². The fourth-order valence-corrected chi connectivity index (χ4v) is 5.55. The number of amides is 1. The Balaban J connectivity index is 1.57. The van der Waals surface area contributed by atoms with E-state index in [1.807, 2.05) is 49.4 Å². The summed E-state index contributed by atoms with van der Waals surface area (Å²) in [6.07, 6.45) is 1.71. The zero-order valence-corrected chi connectivity index (χ0v) is 17.3. The third-order valence-corrected chi connectivity index (χ3v) is 7.42. The molecule has 1 amide bonds. The Labute approximate surface area is 170 Å². The molecule has 1 fully saturated rings. The van der Waals surface area contributed by atoms with Gasteiger partial charge in [0.2, 0.25) is 10.0 Å². The summed E-state index contributed by atoms with van der Waals surface area (Å²) in [5.41, 5.74) is 0.990. The second kappa shape index (κ2) is 7.65. The van der Waals surface area contributed by atoms with Gasteiger partial charge in [0.15, 0.2) is 5.76 Å². The molecule has 1 saturated heterocycles. The number of rotatable bonds is 5. The summed E-state index contributed by atoms with van der Waals surface area (Å²) in [4.78, 5) is 12.8. The van der Waals surface area contributed by atoms with Crippen molar-refractivity contribution in [2.24, 2.45) is 0 Å². The zero-order valence-electron chi connectivity index (χ0n) is 16.5. The molecule has 1 aliphatic heterocycles. The molecule has 2 aromatic carbocycles. The number of hydrogen-bond donors (Lipinski definition) is 1. The Morgan fingerprint density at radius 3 is 2.55 bits per heavy atom. The lowest BCUT2D eigenvalue weighted by Crippen LogP contribution is -2.28. The predicted octanol–water partition coefficient (Wildman–Crippen LogP) is 4.02. The summed E-state index contributed by atoms with van der Waals surface area (Å²) >= 11 is 0. The molecule has 6 nitrogen and oxygen atoms in total. The van der Waals surface area contributed by atoms with Crippen LogP contribution in [0.15, 0.2) is 57.8 Å². The Bertz CT molecular complexity index is 1160. The molecule has 1 N–H and O–H groups in total. The largest absolute Gasteiger partial charge is 0.455 e. The highest BCUT2D eigenvalue weighted by molar-refractivity contribution is 7.89. The number of benzene rings is 2. The summed E-state index contributed by atoms with van der Waals surface area (Å²) in [7, 11) is -3.63. The van der Waals surface area contributed by atoms with Crippen molar-refractivity contribution in [1.29, 1.82) is 0 Å². The van der Waals surface area contributed by atoms with Crippen LogP contribution in [-0.2, 0) is 10.0 Å². The average Bonchev–Trinajstić information content (AvgIpc) is 3.38. The van der Waals surface area contributed by atoms with Crippen LogP contribution in [0.2, 0.25) is 0 Å². The SMILES string of the molecule is Cc1oc(C(=O)NC(C)c2cccc3ccccc23)cc1S(=O)(=O)N1CCCC1. The lowest BCUT2D eigenvalue weighted by Gasteiger charge is -2.16. The van der Waals surface area contributed by atoms with Gasteiger partial charge < -0.3 is 9.73 Å². The molecule has 1 aliphatic rings. The summed E-state index contributed by atoms with van der Waals surface area (Å²) in [6.45, 7) is 4.49. The number of fused-ring (bicyclic) bond motifs is 1. The van der Waals surface area contributed by atoms with Crippen LogP contribution in [0.3, 0.4) is 0 Å².